The normalized spacial score (nSPS) is 15.1. The highest BCUT2D eigenvalue weighted by Gasteiger charge is 2.31. The second kappa shape index (κ2) is 12.0. The molecule has 0 aliphatic carbocycles. The molecule has 1 saturated heterocycles. The maximum absolute atomic E-state index is 12.8. The molecular formula is C28H29F6N3O3. The zero-order valence-corrected chi connectivity index (χ0v) is 21.8. The van der Waals surface area contributed by atoms with E-state index in [-0.39, 0.29) is 42.6 Å². The van der Waals surface area contributed by atoms with Crippen LogP contribution in [0.25, 0.3) is 10.9 Å². The van der Waals surface area contributed by atoms with Gasteiger partial charge in [0.15, 0.2) is 5.78 Å². The van der Waals surface area contributed by atoms with Gasteiger partial charge in [-0.2, -0.15) is 31.4 Å². The van der Waals surface area contributed by atoms with Gasteiger partial charge in [-0.1, -0.05) is 0 Å². The fourth-order valence-electron chi connectivity index (χ4n) is 4.90. The molecule has 3 aromatic rings. The molecule has 0 radical (unpaired) electrons. The Kier molecular flexibility index (Phi) is 8.86. The lowest BCUT2D eigenvalue weighted by atomic mass is 9.96. The van der Waals surface area contributed by atoms with Gasteiger partial charge in [0.05, 0.1) is 11.1 Å². The molecule has 1 fully saturated rings. The number of ketones is 1. The average Bonchev–Trinajstić information content (AvgIpc) is 3.31. The number of hydrogen-bond donors (Lipinski definition) is 0. The molecule has 40 heavy (non-hydrogen) atoms. The van der Waals surface area contributed by atoms with E-state index in [2.05, 4.69) is 9.84 Å². The average molecular weight is 570 g/mol. The number of benzene rings is 2. The van der Waals surface area contributed by atoms with Gasteiger partial charge >= 0.3 is 12.4 Å². The second-order valence-electron chi connectivity index (χ2n) is 10.0. The third-order valence-electron chi connectivity index (χ3n) is 7.07. The highest BCUT2D eigenvalue weighted by atomic mass is 19.4. The van der Waals surface area contributed by atoms with Gasteiger partial charge in [0.2, 0.25) is 0 Å². The van der Waals surface area contributed by atoms with E-state index in [0.717, 1.165) is 28.6 Å². The first-order chi connectivity index (χ1) is 18.8. The molecule has 2 aromatic carbocycles. The molecule has 0 saturated carbocycles. The third-order valence-corrected chi connectivity index (χ3v) is 7.07. The van der Waals surface area contributed by atoms with Crippen LogP contribution in [-0.4, -0.2) is 58.9 Å². The summed E-state index contributed by atoms with van der Waals surface area (Å²) in [5.74, 6) is -0.228. The Balaban J connectivity index is 1.30. The van der Waals surface area contributed by atoms with Crippen LogP contribution in [0.5, 0.6) is 0 Å². The van der Waals surface area contributed by atoms with Gasteiger partial charge in [-0.25, -0.2) is 0 Å². The summed E-state index contributed by atoms with van der Waals surface area (Å²) in [6, 6.07) is 7.66. The van der Waals surface area contributed by atoms with Crippen molar-refractivity contribution in [2.75, 3.05) is 26.3 Å². The van der Waals surface area contributed by atoms with Crippen LogP contribution in [0.3, 0.4) is 0 Å². The Morgan fingerprint density at radius 1 is 1.00 bits per heavy atom. The molecule has 6 nitrogen and oxygen atoms in total. The van der Waals surface area contributed by atoms with Gasteiger partial charge in [-0.15, -0.1) is 0 Å². The molecule has 0 spiro atoms. The second-order valence-corrected chi connectivity index (χ2v) is 10.0. The predicted molar refractivity (Wildman–Crippen MR) is 135 cm³/mol. The summed E-state index contributed by atoms with van der Waals surface area (Å²) in [5.41, 5.74) is 1.40. The standard InChI is InChI=1S/C28H29F6N3O3/c1-18-22(25(38)3-2-14-40-17-27(29,30)31)8-9-24-23(18)16-37(35-24)15-19-10-12-36(13-11-19)26(39)20-4-6-21(7-5-20)28(32,33)34/h4-9,16,19H,2-3,10-15,17H2,1H3. The van der Waals surface area contributed by atoms with Crippen LogP contribution in [0.15, 0.2) is 42.6 Å². The first-order valence-corrected chi connectivity index (χ1v) is 12.9. The molecule has 4 rings (SSSR count). The number of amides is 1. The zero-order chi connectivity index (χ0) is 29.1. The molecule has 12 heteroatoms. The van der Waals surface area contributed by atoms with Gasteiger partial charge < -0.3 is 9.64 Å². The van der Waals surface area contributed by atoms with Crippen molar-refractivity contribution >= 4 is 22.6 Å². The minimum absolute atomic E-state index is 0.0715. The number of Topliss-reactive ketones (excluding diaryl/α,β-unsaturated/α-hetero) is 1. The van der Waals surface area contributed by atoms with E-state index < -0.39 is 24.5 Å². The third kappa shape index (κ3) is 7.41. The van der Waals surface area contributed by atoms with Crippen molar-refractivity contribution < 1.29 is 40.7 Å². The monoisotopic (exact) mass is 569 g/mol. The van der Waals surface area contributed by atoms with Crippen molar-refractivity contribution in [2.45, 2.75) is 51.5 Å². The number of aromatic nitrogens is 2. The topological polar surface area (TPSA) is 64.4 Å². The van der Waals surface area contributed by atoms with Gasteiger partial charge in [0.1, 0.15) is 6.61 Å². The molecule has 1 aliphatic rings. The Hall–Kier alpha value is -3.41. The summed E-state index contributed by atoms with van der Waals surface area (Å²) in [5, 5.41) is 5.43. The molecule has 0 bridgehead atoms. The van der Waals surface area contributed by atoms with Crippen molar-refractivity contribution in [1.29, 1.82) is 0 Å². The first-order valence-electron chi connectivity index (χ1n) is 12.9. The van der Waals surface area contributed by atoms with Crippen LogP contribution in [-0.2, 0) is 17.5 Å². The molecule has 0 N–H and O–H groups in total. The number of rotatable bonds is 9. The van der Waals surface area contributed by atoms with E-state index in [4.69, 9.17) is 0 Å². The van der Waals surface area contributed by atoms with E-state index in [1.54, 1.807) is 17.0 Å². The SMILES string of the molecule is Cc1c(C(=O)CCCOCC(F)(F)F)ccc2nn(CC3CCN(C(=O)c4ccc(C(F)(F)F)cc4)CC3)cc12. The summed E-state index contributed by atoms with van der Waals surface area (Å²) < 4.78 is 81.3. The van der Waals surface area contributed by atoms with Crippen LogP contribution in [0, 0.1) is 12.8 Å². The fourth-order valence-corrected chi connectivity index (χ4v) is 4.90. The number of ether oxygens (including phenoxy) is 1. The van der Waals surface area contributed by atoms with Crippen LogP contribution in [0.2, 0.25) is 0 Å². The van der Waals surface area contributed by atoms with Crippen LogP contribution < -0.4 is 0 Å². The van der Waals surface area contributed by atoms with Crippen molar-refractivity contribution in [3.63, 3.8) is 0 Å². The number of carbonyl (C=O) groups is 2. The minimum Gasteiger partial charge on any atom is -0.372 e. The van der Waals surface area contributed by atoms with E-state index in [0.29, 0.717) is 38.0 Å². The molecule has 0 atom stereocenters. The summed E-state index contributed by atoms with van der Waals surface area (Å²) in [7, 11) is 0. The Morgan fingerprint density at radius 2 is 1.68 bits per heavy atom. The van der Waals surface area contributed by atoms with E-state index in [9.17, 15) is 35.9 Å². The zero-order valence-electron chi connectivity index (χ0n) is 21.8. The number of fused-ring (bicyclic) bond motifs is 1. The largest absolute Gasteiger partial charge is 0.416 e. The van der Waals surface area contributed by atoms with Crippen molar-refractivity contribution in [3.05, 3.63) is 64.8 Å². The first kappa shape index (κ1) is 29.6. The van der Waals surface area contributed by atoms with Crippen LogP contribution in [0.4, 0.5) is 26.3 Å². The molecule has 1 amide bonds. The van der Waals surface area contributed by atoms with Crippen molar-refractivity contribution in [1.82, 2.24) is 14.7 Å². The van der Waals surface area contributed by atoms with Gasteiger partial charge in [-0.3, -0.25) is 14.3 Å². The highest BCUT2D eigenvalue weighted by molar-refractivity contribution is 6.01. The smallest absolute Gasteiger partial charge is 0.372 e. The minimum atomic E-state index is -4.45. The predicted octanol–water partition coefficient (Wildman–Crippen LogP) is 6.46. The van der Waals surface area contributed by atoms with Gasteiger partial charge in [0, 0.05) is 55.4 Å². The molecule has 2 heterocycles. The number of halogens is 6. The van der Waals surface area contributed by atoms with Gasteiger partial charge in [0.25, 0.3) is 5.91 Å². The number of aryl methyl sites for hydroxylation is 1. The van der Waals surface area contributed by atoms with Gasteiger partial charge in [-0.05, 0) is 74.1 Å². The lowest BCUT2D eigenvalue weighted by Gasteiger charge is -2.32. The van der Waals surface area contributed by atoms with E-state index in [1.807, 2.05) is 17.8 Å². The number of alkyl halides is 6. The lowest BCUT2D eigenvalue weighted by molar-refractivity contribution is -0.173. The highest BCUT2D eigenvalue weighted by Crippen LogP contribution is 2.30. The number of piperidine rings is 1. The molecular weight excluding hydrogens is 540 g/mol. The van der Waals surface area contributed by atoms with Crippen molar-refractivity contribution in [2.24, 2.45) is 5.92 Å². The van der Waals surface area contributed by atoms with E-state index >= 15 is 0 Å². The summed E-state index contributed by atoms with van der Waals surface area (Å²) in [6.45, 7) is 1.90. The van der Waals surface area contributed by atoms with E-state index in [1.165, 1.54) is 12.1 Å². The summed E-state index contributed by atoms with van der Waals surface area (Å²) in [4.78, 5) is 27.1. The van der Waals surface area contributed by atoms with Crippen molar-refractivity contribution in [3.8, 4) is 0 Å². The maximum atomic E-state index is 12.8. The number of hydrogen-bond acceptors (Lipinski definition) is 4. The Morgan fingerprint density at radius 3 is 2.30 bits per heavy atom. The molecule has 1 aliphatic heterocycles. The number of carbonyl (C=O) groups excluding carboxylic acids is 2. The lowest BCUT2D eigenvalue weighted by Crippen LogP contribution is -2.39. The molecule has 1 aromatic heterocycles. The maximum Gasteiger partial charge on any atom is 0.416 e. The molecule has 0 unspecified atom stereocenters. The Bertz CT molecular complexity index is 1340. The summed E-state index contributed by atoms with van der Waals surface area (Å²) >= 11 is 0. The summed E-state index contributed by atoms with van der Waals surface area (Å²) in [6.07, 6.45) is -5.30. The van der Waals surface area contributed by atoms with Crippen LogP contribution >= 0.6 is 0 Å². The fraction of sp³-hybridized carbons (Fsp3) is 0.464. The number of likely N-dealkylation sites (tertiary alicyclic amines) is 1. The number of nitrogens with zero attached hydrogens (tertiary/aromatic N) is 3. The Labute approximate surface area is 226 Å². The molecule has 216 valence electrons. The quantitative estimate of drug-likeness (QED) is 0.169. The van der Waals surface area contributed by atoms with Crippen LogP contribution in [0.1, 0.15) is 57.5 Å².